The largest absolute Gasteiger partial charge is 0.486 e. The molecule has 0 bridgehead atoms. The topological polar surface area (TPSA) is 81.5 Å². The van der Waals surface area contributed by atoms with Crippen LogP contribution in [0.4, 0.5) is 0 Å². The van der Waals surface area contributed by atoms with Gasteiger partial charge in [-0.05, 0) is 66.1 Å². The van der Waals surface area contributed by atoms with E-state index in [0.29, 0.717) is 28.0 Å². The van der Waals surface area contributed by atoms with Crippen molar-refractivity contribution >= 4 is 80.5 Å². The standard InChI is InChI=1S/C37H30Cl2N2O4.Na/c1-37(19-18-36(42)43,26-12-16-34(30(38)20-26)44-22-28-14-10-24-6-2-4-8-32(24)40-28)27-13-17-35(31(39)21-27)45-23-29-15-11-25-7-3-5-9-33(25)41-29;/h2-17,20-21H,18-19,22-23H2,1H3,(H,42,43);. The molecule has 0 aliphatic heterocycles. The Kier molecular flexibility index (Phi) is 10.9. The normalized spacial score (nSPS) is 11.3. The number of aliphatic carboxylic acids is 1. The van der Waals surface area contributed by atoms with Crippen LogP contribution in [-0.2, 0) is 23.4 Å². The molecule has 2 heterocycles. The number of hydrogen-bond acceptors (Lipinski definition) is 5. The molecular formula is C37H30Cl2N2NaO4. The molecule has 6 rings (SSSR count). The second-order valence-corrected chi connectivity index (χ2v) is 11.9. The SMILES string of the molecule is CC(CCC(=O)O)(c1ccc(OCc2ccc3ccccc3n2)c(Cl)c1)c1ccc(OCc2ccc3ccccc3n2)c(Cl)c1.[Na]. The third kappa shape index (κ3) is 7.65. The fourth-order valence-electron chi connectivity index (χ4n) is 5.42. The fraction of sp³-hybridized carbons (Fsp3) is 0.162. The van der Waals surface area contributed by atoms with E-state index in [2.05, 4.69) is 9.97 Å². The fourth-order valence-corrected chi connectivity index (χ4v) is 5.89. The summed E-state index contributed by atoms with van der Waals surface area (Å²) >= 11 is 13.5. The van der Waals surface area contributed by atoms with Crippen LogP contribution in [0.15, 0.2) is 109 Å². The number of carbonyl (C=O) groups is 1. The van der Waals surface area contributed by atoms with E-state index in [1.54, 1.807) is 0 Å². The molecule has 2 aromatic heterocycles. The van der Waals surface area contributed by atoms with Crippen LogP contribution in [0.25, 0.3) is 21.8 Å². The molecule has 6 nitrogen and oxygen atoms in total. The van der Waals surface area contributed by atoms with Crippen molar-refractivity contribution in [2.45, 2.75) is 38.4 Å². The summed E-state index contributed by atoms with van der Waals surface area (Å²) in [6.45, 7) is 2.50. The van der Waals surface area contributed by atoms with E-state index >= 15 is 0 Å². The van der Waals surface area contributed by atoms with Crippen molar-refractivity contribution < 1.29 is 19.4 Å². The average molecular weight is 661 g/mol. The summed E-state index contributed by atoms with van der Waals surface area (Å²) in [5.74, 6) is 0.143. The van der Waals surface area contributed by atoms with Gasteiger partial charge < -0.3 is 14.6 Å². The smallest absolute Gasteiger partial charge is 0.303 e. The van der Waals surface area contributed by atoms with Gasteiger partial charge in [-0.15, -0.1) is 0 Å². The van der Waals surface area contributed by atoms with Gasteiger partial charge in [0.2, 0.25) is 0 Å². The molecule has 227 valence electrons. The van der Waals surface area contributed by atoms with Gasteiger partial charge in [0.1, 0.15) is 24.7 Å². The zero-order valence-corrected chi connectivity index (χ0v) is 29.1. The molecule has 0 spiro atoms. The van der Waals surface area contributed by atoms with Crippen LogP contribution in [0.2, 0.25) is 10.0 Å². The van der Waals surface area contributed by atoms with E-state index in [4.69, 9.17) is 32.7 Å². The first-order valence-electron chi connectivity index (χ1n) is 14.6. The van der Waals surface area contributed by atoms with Crippen molar-refractivity contribution in [3.63, 3.8) is 0 Å². The molecule has 0 aliphatic carbocycles. The number of hydrogen-bond donors (Lipinski definition) is 1. The zero-order valence-electron chi connectivity index (χ0n) is 25.5. The summed E-state index contributed by atoms with van der Waals surface area (Å²) in [5, 5.41) is 12.5. The number of carboxylic acids is 1. The molecular weight excluding hydrogens is 630 g/mol. The van der Waals surface area contributed by atoms with Crippen molar-refractivity contribution in [2.75, 3.05) is 0 Å². The minimum atomic E-state index is -0.885. The number of carboxylic acid groups (broad SMARTS) is 1. The van der Waals surface area contributed by atoms with Crippen LogP contribution < -0.4 is 9.47 Å². The molecule has 0 fully saturated rings. The van der Waals surface area contributed by atoms with E-state index in [-0.39, 0.29) is 49.2 Å². The molecule has 1 radical (unpaired) electrons. The second-order valence-electron chi connectivity index (χ2n) is 11.1. The Balaban J connectivity index is 0.00000417. The first-order chi connectivity index (χ1) is 21.8. The maximum Gasteiger partial charge on any atom is 0.303 e. The Bertz CT molecular complexity index is 1890. The van der Waals surface area contributed by atoms with Crippen LogP contribution in [0, 0.1) is 0 Å². The monoisotopic (exact) mass is 659 g/mol. The molecule has 0 saturated carbocycles. The third-order valence-electron chi connectivity index (χ3n) is 8.04. The number of fused-ring (bicyclic) bond motifs is 2. The maximum absolute atomic E-state index is 11.7. The Morgan fingerprint density at radius 3 is 1.59 bits per heavy atom. The predicted octanol–water partition coefficient (Wildman–Crippen LogP) is 9.04. The minimum Gasteiger partial charge on any atom is -0.486 e. The maximum atomic E-state index is 11.7. The van der Waals surface area contributed by atoms with Crippen molar-refractivity contribution in [1.82, 2.24) is 9.97 Å². The van der Waals surface area contributed by atoms with Gasteiger partial charge in [-0.1, -0.05) is 90.8 Å². The molecule has 1 N–H and O–H groups in total. The van der Waals surface area contributed by atoms with Crippen LogP contribution in [0.3, 0.4) is 0 Å². The summed E-state index contributed by atoms with van der Waals surface area (Å²) in [7, 11) is 0. The van der Waals surface area contributed by atoms with Crippen molar-refractivity contribution in [3.8, 4) is 11.5 Å². The zero-order chi connectivity index (χ0) is 31.4. The van der Waals surface area contributed by atoms with E-state index < -0.39 is 11.4 Å². The molecule has 4 aromatic carbocycles. The molecule has 0 amide bonds. The summed E-state index contributed by atoms with van der Waals surface area (Å²) in [6, 6.07) is 34.8. The first-order valence-corrected chi connectivity index (χ1v) is 15.3. The Morgan fingerprint density at radius 1 is 0.696 bits per heavy atom. The van der Waals surface area contributed by atoms with Crippen molar-refractivity contribution in [3.05, 3.63) is 142 Å². The van der Waals surface area contributed by atoms with Gasteiger partial charge in [-0.2, -0.15) is 0 Å². The van der Waals surface area contributed by atoms with Crippen molar-refractivity contribution in [2.24, 2.45) is 0 Å². The second kappa shape index (κ2) is 14.8. The third-order valence-corrected chi connectivity index (χ3v) is 8.63. The van der Waals surface area contributed by atoms with E-state index in [1.807, 2.05) is 116 Å². The number of aromatic nitrogens is 2. The van der Waals surface area contributed by atoms with E-state index in [0.717, 1.165) is 44.3 Å². The van der Waals surface area contributed by atoms with Crippen LogP contribution in [0.1, 0.15) is 42.3 Å². The quantitative estimate of drug-likeness (QED) is 0.140. The molecule has 0 unspecified atom stereocenters. The summed E-state index contributed by atoms with van der Waals surface area (Å²) in [5.41, 5.74) is 4.35. The number of rotatable bonds is 11. The first kappa shape index (κ1) is 33.7. The van der Waals surface area contributed by atoms with Crippen molar-refractivity contribution in [1.29, 1.82) is 0 Å². The molecule has 0 aliphatic rings. The number of halogens is 2. The van der Waals surface area contributed by atoms with Gasteiger partial charge in [-0.3, -0.25) is 4.79 Å². The predicted molar refractivity (Wildman–Crippen MR) is 184 cm³/mol. The summed E-state index contributed by atoms with van der Waals surface area (Å²) in [4.78, 5) is 21.0. The minimum absolute atomic E-state index is 0. The van der Waals surface area contributed by atoms with Gasteiger partial charge >= 0.3 is 5.97 Å². The number of benzene rings is 4. The van der Waals surface area contributed by atoms with E-state index in [1.165, 1.54) is 0 Å². The Hall–Kier alpha value is -3.65. The number of pyridine rings is 2. The molecule has 0 saturated heterocycles. The number of ether oxygens (including phenoxy) is 2. The van der Waals surface area contributed by atoms with Gasteiger partial charge in [0.25, 0.3) is 0 Å². The molecule has 9 heteroatoms. The molecule has 0 atom stereocenters. The number of nitrogens with zero attached hydrogens (tertiary/aromatic N) is 2. The van der Waals surface area contributed by atoms with Crippen LogP contribution in [-0.4, -0.2) is 50.6 Å². The van der Waals surface area contributed by atoms with Gasteiger partial charge in [-0.25, -0.2) is 9.97 Å². The summed E-state index contributed by atoms with van der Waals surface area (Å²) < 4.78 is 12.1. The number of para-hydroxylation sites is 2. The van der Waals surface area contributed by atoms with Crippen LogP contribution >= 0.6 is 23.2 Å². The molecule has 6 aromatic rings. The Morgan fingerprint density at radius 2 is 1.15 bits per heavy atom. The molecule has 46 heavy (non-hydrogen) atoms. The Labute approximate surface area is 299 Å². The van der Waals surface area contributed by atoms with Gasteiger partial charge in [0.05, 0.1) is 32.5 Å². The van der Waals surface area contributed by atoms with E-state index in [9.17, 15) is 9.90 Å². The van der Waals surface area contributed by atoms with Gasteiger partial charge in [0.15, 0.2) is 0 Å². The summed E-state index contributed by atoms with van der Waals surface area (Å²) in [6.07, 6.45) is 0.293. The van der Waals surface area contributed by atoms with Gasteiger partial charge in [0, 0.05) is 52.2 Å². The van der Waals surface area contributed by atoms with Crippen LogP contribution in [0.5, 0.6) is 11.5 Å². The average Bonchev–Trinajstić information content (AvgIpc) is 3.05.